The molecule has 0 aromatic carbocycles. The van der Waals surface area contributed by atoms with E-state index in [1.54, 1.807) is 0 Å². The molecule has 0 spiro atoms. The van der Waals surface area contributed by atoms with E-state index in [4.69, 9.17) is 0 Å². The fourth-order valence-electron chi connectivity index (χ4n) is 14.7. The van der Waals surface area contributed by atoms with E-state index in [1.807, 2.05) is 213 Å². The standard InChI is InChI=1S/5C20H14N4.Zn/c5*1-2-14-10-16-5-6-18(23-16)12-20-8-7-19(24-20)11-17-4-3-15(22-17)9-13(1)21-14;/h5*1-12,21-22H;. The largest absolute Gasteiger partial charge is 0.355 e. The van der Waals surface area contributed by atoms with Gasteiger partial charge in [-0.3, -0.25) is 0 Å². The molecule has 20 nitrogen and oxygen atoms in total. The second-order valence-corrected chi connectivity index (χ2v) is 29.5. The summed E-state index contributed by atoms with van der Waals surface area (Å²) in [6, 6.07) is 82.0. The number of nitrogens with zero attached hydrogens (tertiary/aromatic N) is 10. The minimum Gasteiger partial charge on any atom is -0.355 e. The van der Waals surface area contributed by atoms with Gasteiger partial charge in [-0.15, -0.1) is 0 Å². The molecule has 15 aromatic rings. The van der Waals surface area contributed by atoms with Crippen LogP contribution in [0.1, 0.15) is 114 Å². The average molecular weight is 1620 g/mol. The Hall–Kier alpha value is -16.4. The SMILES string of the molecule is C1=Cc2cc3ccc(cc4ccc(cc5nc(cc1n2)C=C5)[nH]4)[nH]3.C1=Cc2cc3ccc(cc4ccc(cc5nc(cc1n2)C=C5)[nH]4)[nH]3.C1=Cc2cc3ccc(cc4ccc(cc5nc(cc1n2)C=C5)[nH]4)[nH]3.C1=Cc2cc3ccc(cc4ccc(cc5nc(cc1n2)C=C5)[nH]4)[nH]3.C1=Cc2cc3ccc(cc4ccc(cc5nc(cc1n2)C=C5)[nH]4)[nH]3.[Zn]. The maximum atomic E-state index is 4.62. The Kier molecular flexibility index (Phi) is 19.7. The first-order chi connectivity index (χ1) is 59.0. The third-order valence-electron chi connectivity index (χ3n) is 20.2. The van der Waals surface area contributed by atoms with Crippen LogP contribution in [0.25, 0.3) is 232 Å². The number of hydrogen-bond acceptors (Lipinski definition) is 10. The molecule has 10 aliphatic heterocycles. The fourth-order valence-corrected chi connectivity index (χ4v) is 14.7. The number of fused-ring (bicyclic) bond motifs is 40. The summed E-state index contributed by atoms with van der Waals surface area (Å²) in [5.41, 5.74) is 39.3. The van der Waals surface area contributed by atoms with Gasteiger partial charge < -0.3 is 49.8 Å². The maximum absolute atomic E-state index is 4.62. The summed E-state index contributed by atoms with van der Waals surface area (Å²) in [6.45, 7) is 0. The van der Waals surface area contributed by atoms with Crippen LogP contribution in [0, 0.1) is 0 Å². The normalized spacial score (nSPS) is 12.6. The molecule has 0 saturated heterocycles. The molecule has 0 radical (unpaired) electrons. The Labute approximate surface area is 702 Å². The summed E-state index contributed by atoms with van der Waals surface area (Å²) in [4.78, 5) is 80.1. The van der Waals surface area contributed by atoms with Gasteiger partial charge in [0.2, 0.25) is 0 Å². The summed E-state index contributed by atoms with van der Waals surface area (Å²) in [6.07, 6.45) is 40.2. The molecule has 0 unspecified atom stereocenters. The Morgan fingerprint density at radius 2 is 0.174 bits per heavy atom. The molecule has 0 fully saturated rings. The second-order valence-electron chi connectivity index (χ2n) is 29.5. The van der Waals surface area contributed by atoms with Crippen molar-refractivity contribution in [3.05, 3.63) is 357 Å². The van der Waals surface area contributed by atoms with Gasteiger partial charge in [-0.1, -0.05) is 0 Å². The summed E-state index contributed by atoms with van der Waals surface area (Å²) in [7, 11) is 0. The number of nitrogens with one attached hydrogen (secondary N) is 10. The summed E-state index contributed by atoms with van der Waals surface area (Å²) in [5, 5.41) is 0. The van der Waals surface area contributed by atoms with Crippen molar-refractivity contribution in [2.75, 3.05) is 0 Å². The number of H-pyrrole nitrogens is 10. The summed E-state index contributed by atoms with van der Waals surface area (Å²) in [5.74, 6) is 0. The van der Waals surface area contributed by atoms with Gasteiger partial charge >= 0.3 is 0 Å². The van der Waals surface area contributed by atoms with Crippen LogP contribution in [-0.2, 0) is 19.5 Å². The molecule has 0 amide bonds. The molecular weight excluding hydrogens is 1550 g/mol. The van der Waals surface area contributed by atoms with E-state index >= 15 is 0 Å². The van der Waals surface area contributed by atoms with Crippen LogP contribution in [0.15, 0.2) is 243 Å². The van der Waals surface area contributed by atoms with Crippen molar-refractivity contribution in [1.29, 1.82) is 0 Å². The molecular formula is C100H70N20Zn. The Balaban J connectivity index is 0.0000000962. The average Bonchev–Trinajstić information content (AvgIpc) is 1.71. The van der Waals surface area contributed by atoms with E-state index in [1.165, 1.54) is 0 Å². The summed E-state index contributed by atoms with van der Waals surface area (Å²) < 4.78 is 0. The smallest absolute Gasteiger partial charge is 0.0659 e. The van der Waals surface area contributed by atoms with Crippen LogP contribution in [0.4, 0.5) is 0 Å². The Morgan fingerprint density at radius 3 is 0.264 bits per heavy atom. The molecule has 572 valence electrons. The maximum Gasteiger partial charge on any atom is 0.0659 e. The van der Waals surface area contributed by atoms with Crippen molar-refractivity contribution in [3.63, 3.8) is 0 Å². The topological polar surface area (TPSA) is 287 Å². The minimum absolute atomic E-state index is 0. The van der Waals surface area contributed by atoms with Gasteiger partial charge in [0.25, 0.3) is 0 Å². The zero-order valence-electron chi connectivity index (χ0n) is 64.8. The first kappa shape index (κ1) is 73.5. The van der Waals surface area contributed by atoms with E-state index < -0.39 is 0 Å². The third-order valence-corrected chi connectivity index (χ3v) is 20.2. The first-order valence-corrected chi connectivity index (χ1v) is 39.2. The molecule has 21 heteroatoms. The van der Waals surface area contributed by atoms with E-state index in [0.29, 0.717) is 0 Å². The fraction of sp³-hybridized carbons (Fsp3) is 0. The van der Waals surface area contributed by atoms with Crippen LogP contribution in [0.2, 0.25) is 0 Å². The Morgan fingerprint density at radius 1 is 0.0992 bits per heavy atom. The van der Waals surface area contributed by atoms with Crippen molar-refractivity contribution >= 4 is 232 Å². The molecule has 0 atom stereocenters. The van der Waals surface area contributed by atoms with Gasteiger partial charge in [0.15, 0.2) is 0 Å². The quantitative estimate of drug-likeness (QED) is 0.0641. The molecule has 121 heavy (non-hydrogen) atoms. The van der Waals surface area contributed by atoms with Crippen molar-refractivity contribution in [2.45, 2.75) is 0 Å². The van der Waals surface area contributed by atoms with Crippen molar-refractivity contribution in [1.82, 2.24) is 99.7 Å². The van der Waals surface area contributed by atoms with Gasteiger partial charge in [-0.2, -0.15) is 0 Å². The molecule has 0 aliphatic carbocycles. The van der Waals surface area contributed by atoms with Crippen molar-refractivity contribution < 1.29 is 19.5 Å². The summed E-state index contributed by atoms with van der Waals surface area (Å²) >= 11 is 0. The third kappa shape index (κ3) is 18.0. The number of hydrogen-bond donors (Lipinski definition) is 10. The molecule has 10 aliphatic rings. The van der Waals surface area contributed by atoms with E-state index in [-0.39, 0.29) is 19.5 Å². The van der Waals surface area contributed by atoms with Gasteiger partial charge in [-0.05, 0) is 364 Å². The van der Waals surface area contributed by atoms with Crippen LogP contribution < -0.4 is 0 Å². The molecule has 40 bridgehead atoms. The minimum atomic E-state index is 0. The zero-order chi connectivity index (χ0) is 79.7. The van der Waals surface area contributed by atoms with Crippen LogP contribution in [0.3, 0.4) is 0 Å². The molecule has 15 aromatic heterocycles. The Bertz CT molecular complexity index is 6440. The predicted octanol–water partition coefficient (Wildman–Crippen LogP) is 23.3. The molecule has 25 heterocycles. The van der Waals surface area contributed by atoms with Crippen LogP contribution >= 0.6 is 0 Å². The van der Waals surface area contributed by atoms with Crippen molar-refractivity contribution in [2.24, 2.45) is 0 Å². The predicted molar refractivity (Wildman–Crippen MR) is 494 cm³/mol. The molecule has 10 N–H and O–H groups in total. The number of aromatic amines is 10. The first-order valence-electron chi connectivity index (χ1n) is 39.2. The molecule has 25 rings (SSSR count). The van der Waals surface area contributed by atoms with Gasteiger partial charge in [-0.25, -0.2) is 49.8 Å². The van der Waals surface area contributed by atoms with E-state index in [2.05, 4.69) is 251 Å². The number of rotatable bonds is 0. The number of aromatic nitrogens is 20. The van der Waals surface area contributed by atoms with E-state index in [0.717, 1.165) is 224 Å². The van der Waals surface area contributed by atoms with Crippen molar-refractivity contribution in [3.8, 4) is 0 Å². The van der Waals surface area contributed by atoms with Crippen LogP contribution in [0.5, 0.6) is 0 Å². The van der Waals surface area contributed by atoms with Gasteiger partial charge in [0.05, 0.1) is 114 Å². The second kappa shape index (κ2) is 32.4. The molecule has 0 saturated carbocycles. The monoisotopic (exact) mass is 1610 g/mol. The van der Waals surface area contributed by atoms with Crippen LogP contribution in [-0.4, -0.2) is 99.7 Å². The van der Waals surface area contributed by atoms with E-state index in [9.17, 15) is 0 Å². The zero-order valence-corrected chi connectivity index (χ0v) is 67.8. The van der Waals surface area contributed by atoms with Gasteiger partial charge in [0.1, 0.15) is 0 Å². The van der Waals surface area contributed by atoms with Gasteiger partial charge in [0, 0.05) is 130 Å².